The summed E-state index contributed by atoms with van der Waals surface area (Å²) >= 11 is 1.23. The van der Waals surface area contributed by atoms with E-state index in [0.717, 1.165) is 4.88 Å². The summed E-state index contributed by atoms with van der Waals surface area (Å²) in [6.45, 7) is 3.47. The van der Waals surface area contributed by atoms with Crippen molar-refractivity contribution in [2.75, 3.05) is 0 Å². The van der Waals surface area contributed by atoms with Crippen molar-refractivity contribution in [1.29, 1.82) is 0 Å². The number of hydrogen-bond acceptors (Lipinski definition) is 6. The van der Waals surface area contributed by atoms with Gasteiger partial charge < -0.3 is 4.42 Å². The van der Waals surface area contributed by atoms with Gasteiger partial charge in [0.1, 0.15) is 4.90 Å². The first-order chi connectivity index (χ1) is 11.8. The summed E-state index contributed by atoms with van der Waals surface area (Å²) in [6.07, 6.45) is 1.44. The summed E-state index contributed by atoms with van der Waals surface area (Å²) in [4.78, 5) is 13.6. The van der Waals surface area contributed by atoms with Crippen LogP contribution < -0.4 is 4.72 Å². The number of aromatic nitrogens is 2. The highest BCUT2D eigenvalue weighted by Crippen LogP contribution is 2.22. The van der Waals surface area contributed by atoms with Gasteiger partial charge in [-0.05, 0) is 38.1 Å². The number of thiophene rings is 1. The number of carbonyl (C=O) groups excluding carboxylic acids is 1. The largest absolute Gasteiger partial charge is 0.461 e. The predicted molar refractivity (Wildman–Crippen MR) is 93.2 cm³/mol. The molecule has 0 atom stereocenters. The quantitative estimate of drug-likeness (QED) is 0.664. The zero-order valence-corrected chi connectivity index (χ0v) is 15.6. The van der Waals surface area contributed by atoms with E-state index in [0.29, 0.717) is 16.3 Å². The summed E-state index contributed by atoms with van der Waals surface area (Å²) in [6, 6.07) is 6.64. The Morgan fingerprint density at radius 1 is 1.32 bits per heavy atom. The number of sulfonamides is 1. The van der Waals surface area contributed by atoms with Gasteiger partial charge in [0.2, 0.25) is 15.8 Å². The fourth-order valence-corrected chi connectivity index (χ4v) is 4.93. The van der Waals surface area contributed by atoms with E-state index in [1.165, 1.54) is 22.3 Å². The van der Waals surface area contributed by atoms with Crippen molar-refractivity contribution in [3.05, 3.63) is 57.4 Å². The summed E-state index contributed by atoms with van der Waals surface area (Å²) in [5.74, 6) is 0.0404. The maximum absolute atomic E-state index is 12.5. The lowest BCUT2D eigenvalue weighted by atomic mass is 10.2. The zero-order valence-electron chi connectivity index (χ0n) is 13.9. The SMILES string of the molecule is Cc1nn(C)c(C)c1S(=O)(=O)NCc1ccc(C(=O)c2ccco2)s1. The average molecular weight is 379 g/mol. The molecule has 132 valence electrons. The molecule has 0 spiro atoms. The Kier molecular flexibility index (Phi) is 4.63. The van der Waals surface area contributed by atoms with Crippen LogP contribution in [0, 0.1) is 13.8 Å². The molecule has 0 aliphatic carbocycles. The molecule has 0 fully saturated rings. The van der Waals surface area contributed by atoms with Gasteiger partial charge in [-0.2, -0.15) is 5.10 Å². The van der Waals surface area contributed by atoms with Crippen LogP contribution in [-0.2, 0) is 23.6 Å². The van der Waals surface area contributed by atoms with Gasteiger partial charge in [-0.1, -0.05) is 0 Å². The minimum Gasteiger partial charge on any atom is -0.461 e. The second kappa shape index (κ2) is 6.58. The number of rotatable bonds is 6. The third-order valence-electron chi connectivity index (χ3n) is 3.78. The molecule has 0 radical (unpaired) electrons. The molecule has 3 rings (SSSR count). The van der Waals surface area contributed by atoms with E-state index in [9.17, 15) is 13.2 Å². The molecular weight excluding hydrogens is 362 g/mol. The first-order valence-corrected chi connectivity index (χ1v) is 9.76. The van der Waals surface area contributed by atoms with Gasteiger partial charge >= 0.3 is 0 Å². The molecule has 0 saturated carbocycles. The summed E-state index contributed by atoms with van der Waals surface area (Å²) in [5.41, 5.74) is 1.03. The van der Waals surface area contributed by atoms with Gasteiger partial charge in [-0.15, -0.1) is 11.3 Å². The standard InChI is InChI=1S/C16H17N3O4S2/c1-10-16(11(2)19(3)18-10)25(21,22)17-9-12-6-7-14(24-12)15(20)13-5-4-8-23-13/h4-8,17H,9H2,1-3H3. The van der Waals surface area contributed by atoms with Crippen LogP contribution in [0.5, 0.6) is 0 Å². The molecule has 0 bridgehead atoms. The van der Waals surface area contributed by atoms with Crippen LogP contribution in [0.1, 0.15) is 31.7 Å². The van der Waals surface area contributed by atoms with Gasteiger partial charge in [-0.25, -0.2) is 13.1 Å². The molecule has 3 aromatic heterocycles. The summed E-state index contributed by atoms with van der Waals surface area (Å²) in [5, 5.41) is 4.13. The van der Waals surface area contributed by atoms with Gasteiger partial charge in [0.15, 0.2) is 5.76 Å². The van der Waals surface area contributed by atoms with Crippen LogP contribution in [0.2, 0.25) is 0 Å². The predicted octanol–water partition coefficient (Wildman–Crippen LogP) is 2.40. The molecule has 0 aliphatic rings. The third-order valence-corrected chi connectivity index (χ3v) is 6.51. The maximum atomic E-state index is 12.5. The topological polar surface area (TPSA) is 94.2 Å². The Morgan fingerprint density at radius 2 is 2.08 bits per heavy atom. The molecule has 0 aliphatic heterocycles. The van der Waals surface area contributed by atoms with Gasteiger partial charge in [-0.3, -0.25) is 9.48 Å². The molecule has 0 aromatic carbocycles. The van der Waals surface area contributed by atoms with Gasteiger partial charge in [0, 0.05) is 18.5 Å². The summed E-state index contributed by atoms with van der Waals surface area (Å²) in [7, 11) is -1.98. The summed E-state index contributed by atoms with van der Waals surface area (Å²) < 4.78 is 34.3. The molecular formula is C16H17N3O4S2. The number of nitrogens with zero attached hydrogens (tertiary/aromatic N) is 2. The van der Waals surface area contributed by atoms with Crippen molar-refractivity contribution in [2.24, 2.45) is 7.05 Å². The molecule has 0 unspecified atom stereocenters. The van der Waals surface area contributed by atoms with E-state index in [-0.39, 0.29) is 23.0 Å². The molecule has 25 heavy (non-hydrogen) atoms. The monoisotopic (exact) mass is 379 g/mol. The lowest BCUT2D eigenvalue weighted by Crippen LogP contribution is -2.24. The van der Waals surface area contributed by atoms with E-state index >= 15 is 0 Å². The lowest BCUT2D eigenvalue weighted by molar-refractivity contribution is 0.101. The van der Waals surface area contributed by atoms with E-state index in [1.54, 1.807) is 45.2 Å². The van der Waals surface area contributed by atoms with Crippen LogP contribution >= 0.6 is 11.3 Å². The maximum Gasteiger partial charge on any atom is 0.244 e. The second-order valence-electron chi connectivity index (χ2n) is 5.52. The first-order valence-electron chi connectivity index (χ1n) is 7.46. The van der Waals surface area contributed by atoms with Crippen molar-refractivity contribution in [3.8, 4) is 0 Å². The highest BCUT2D eigenvalue weighted by atomic mass is 32.2. The molecule has 1 N–H and O–H groups in total. The molecule has 0 saturated heterocycles. The highest BCUT2D eigenvalue weighted by molar-refractivity contribution is 7.89. The smallest absolute Gasteiger partial charge is 0.244 e. The third kappa shape index (κ3) is 3.44. The van der Waals surface area contributed by atoms with Gasteiger partial charge in [0.05, 0.1) is 22.5 Å². The van der Waals surface area contributed by atoms with Crippen LogP contribution in [0.4, 0.5) is 0 Å². The second-order valence-corrected chi connectivity index (χ2v) is 8.39. The molecule has 7 nitrogen and oxygen atoms in total. The fraction of sp³-hybridized carbons (Fsp3) is 0.250. The Balaban J connectivity index is 1.75. The zero-order chi connectivity index (χ0) is 18.2. The number of nitrogens with one attached hydrogen (secondary N) is 1. The van der Waals surface area contributed by atoms with E-state index < -0.39 is 10.0 Å². The molecule has 0 amide bonds. The Hall–Kier alpha value is -2.23. The Morgan fingerprint density at radius 3 is 2.68 bits per heavy atom. The number of hydrogen-bond donors (Lipinski definition) is 1. The molecule has 3 aromatic rings. The lowest BCUT2D eigenvalue weighted by Gasteiger charge is -2.06. The van der Waals surface area contributed by atoms with Crippen molar-refractivity contribution in [2.45, 2.75) is 25.3 Å². The minimum absolute atomic E-state index is 0.103. The van der Waals surface area contributed by atoms with Crippen molar-refractivity contribution < 1.29 is 17.6 Å². The van der Waals surface area contributed by atoms with Crippen LogP contribution in [0.15, 0.2) is 39.8 Å². The van der Waals surface area contributed by atoms with Crippen LogP contribution in [0.3, 0.4) is 0 Å². The normalized spacial score (nSPS) is 11.8. The number of ketones is 1. The number of carbonyl (C=O) groups is 1. The molecule has 3 heterocycles. The fourth-order valence-electron chi connectivity index (χ4n) is 2.51. The highest BCUT2D eigenvalue weighted by Gasteiger charge is 2.24. The van der Waals surface area contributed by atoms with Crippen molar-refractivity contribution in [3.63, 3.8) is 0 Å². The number of aryl methyl sites for hydroxylation is 2. The number of furan rings is 1. The van der Waals surface area contributed by atoms with Crippen molar-refractivity contribution in [1.82, 2.24) is 14.5 Å². The average Bonchev–Trinajstić information content (AvgIpc) is 3.27. The Labute approximate surface area is 149 Å². The first kappa shape index (κ1) is 17.6. The minimum atomic E-state index is -3.68. The van der Waals surface area contributed by atoms with Crippen LogP contribution in [-0.4, -0.2) is 24.0 Å². The van der Waals surface area contributed by atoms with Gasteiger partial charge in [0.25, 0.3) is 0 Å². The molecule has 9 heteroatoms. The van der Waals surface area contributed by atoms with Crippen molar-refractivity contribution >= 4 is 27.1 Å². The van der Waals surface area contributed by atoms with E-state index in [1.807, 2.05) is 0 Å². The van der Waals surface area contributed by atoms with E-state index in [4.69, 9.17) is 4.42 Å². The van der Waals surface area contributed by atoms with Crippen LogP contribution in [0.25, 0.3) is 0 Å². The Bertz CT molecular complexity index is 1010. The van der Waals surface area contributed by atoms with E-state index in [2.05, 4.69) is 9.82 Å².